The molecule has 0 aromatic carbocycles. The molecule has 1 aromatic heterocycles. The number of aryl methyl sites for hydroxylation is 1. The number of carboxylic acids is 1. The molecule has 0 fully saturated rings. The number of nitrogens with one attached hydrogen (secondary N) is 1. The van der Waals surface area contributed by atoms with Crippen LogP contribution in [0.2, 0.25) is 0 Å². The second-order valence-corrected chi connectivity index (χ2v) is 4.55. The summed E-state index contributed by atoms with van der Waals surface area (Å²) in [5, 5.41) is 11.6. The molecule has 0 bridgehead atoms. The average molecular weight is 228 g/mol. The first kappa shape index (κ1) is 12.2. The lowest BCUT2D eigenvalue weighted by Crippen LogP contribution is -2.39. The minimum atomic E-state index is -0.970. The fourth-order valence-electron chi connectivity index (χ4n) is 1.15. The van der Waals surface area contributed by atoms with Crippen molar-refractivity contribution in [1.29, 1.82) is 0 Å². The molecule has 0 saturated carbocycles. The number of hydrogen-bond donors (Lipinski definition) is 3. The molecule has 1 atom stereocenters. The van der Waals surface area contributed by atoms with E-state index in [9.17, 15) is 4.79 Å². The van der Waals surface area contributed by atoms with Crippen LogP contribution < -0.4 is 11.1 Å². The first-order chi connectivity index (χ1) is 7.13. The van der Waals surface area contributed by atoms with Crippen LogP contribution in [0.5, 0.6) is 0 Å². The predicted octanol–water partition coefficient (Wildman–Crippen LogP) is 0.812. The Balaban J connectivity index is 2.28. The zero-order valence-electron chi connectivity index (χ0n) is 8.69. The second-order valence-electron chi connectivity index (χ2n) is 3.30. The fourth-order valence-corrected chi connectivity index (χ4v) is 2.07. The zero-order valence-corrected chi connectivity index (χ0v) is 9.51. The number of carbonyl (C=O) groups is 1. The largest absolute Gasteiger partial charge is 0.480 e. The summed E-state index contributed by atoms with van der Waals surface area (Å²) < 4.78 is 0. The van der Waals surface area contributed by atoms with E-state index in [2.05, 4.69) is 24.4 Å². The molecular weight excluding hydrogens is 212 g/mol. The summed E-state index contributed by atoms with van der Waals surface area (Å²) >= 11 is 1.74. The average Bonchev–Trinajstić information content (AvgIpc) is 2.65. The molecule has 15 heavy (non-hydrogen) atoms. The van der Waals surface area contributed by atoms with Crippen molar-refractivity contribution in [2.24, 2.45) is 5.73 Å². The van der Waals surface area contributed by atoms with Crippen molar-refractivity contribution in [2.45, 2.75) is 25.9 Å². The van der Waals surface area contributed by atoms with Gasteiger partial charge in [0.15, 0.2) is 0 Å². The molecular formula is C10H16N2O2S. The maximum atomic E-state index is 10.4. The summed E-state index contributed by atoms with van der Waals surface area (Å²) in [5.74, 6) is -0.970. The van der Waals surface area contributed by atoms with Gasteiger partial charge in [-0.15, -0.1) is 11.3 Å². The third-order valence-electron chi connectivity index (χ3n) is 2.05. The zero-order chi connectivity index (χ0) is 11.3. The molecule has 0 spiro atoms. The fraction of sp³-hybridized carbons (Fsp3) is 0.500. The molecule has 0 aliphatic rings. The van der Waals surface area contributed by atoms with Crippen molar-refractivity contribution in [3.63, 3.8) is 0 Å². The smallest absolute Gasteiger partial charge is 0.321 e. The summed E-state index contributed by atoms with van der Waals surface area (Å²) in [4.78, 5) is 13.0. The molecule has 1 rings (SSSR count). The third-order valence-corrected chi connectivity index (χ3v) is 3.28. The van der Waals surface area contributed by atoms with Gasteiger partial charge in [-0.25, -0.2) is 0 Å². The highest BCUT2D eigenvalue weighted by Crippen LogP contribution is 2.16. The predicted molar refractivity (Wildman–Crippen MR) is 61.0 cm³/mol. The van der Waals surface area contributed by atoms with Crippen LogP contribution >= 0.6 is 11.3 Å². The molecule has 0 radical (unpaired) electrons. The Hall–Kier alpha value is -0.910. The van der Waals surface area contributed by atoms with Gasteiger partial charge in [-0.3, -0.25) is 4.79 Å². The molecule has 1 unspecified atom stereocenters. The first-order valence-electron chi connectivity index (χ1n) is 4.90. The van der Waals surface area contributed by atoms with Crippen LogP contribution in [-0.4, -0.2) is 23.7 Å². The van der Waals surface area contributed by atoms with Crippen LogP contribution in [0.4, 0.5) is 0 Å². The Kier molecular flexibility index (Phi) is 4.74. The van der Waals surface area contributed by atoms with Crippen LogP contribution in [0.1, 0.15) is 16.7 Å². The van der Waals surface area contributed by atoms with E-state index < -0.39 is 12.0 Å². The molecule has 0 amide bonds. The Morgan fingerprint density at radius 1 is 1.60 bits per heavy atom. The van der Waals surface area contributed by atoms with Gasteiger partial charge in [-0.1, -0.05) is 6.92 Å². The summed E-state index contributed by atoms with van der Waals surface area (Å²) in [6.45, 7) is 3.10. The first-order valence-corrected chi connectivity index (χ1v) is 5.71. The van der Waals surface area contributed by atoms with Crippen molar-refractivity contribution >= 4 is 17.3 Å². The summed E-state index contributed by atoms with van der Waals surface area (Å²) in [7, 11) is 0. The van der Waals surface area contributed by atoms with E-state index in [1.54, 1.807) is 11.3 Å². The van der Waals surface area contributed by atoms with Gasteiger partial charge in [0, 0.05) is 22.8 Å². The van der Waals surface area contributed by atoms with Crippen LogP contribution in [0.25, 0.3) is 0 Å². The monoisotopic (exact) mass is 228 g/mol. The highest BCUT2D eigenvalue weighted by atomic mass is 32.1. The highest BCUT2D eigenvalue weighted by Gasteiger charge is 2.10. The Morgan fingerprint density at radius 3 is 2.80 bits per heavy atom. The number of rotatable bonds is 6. The Morgan fingerprint density at radius 2 is 2.27 bits per heavy atom. The standard InChI is InChI=1S/C10H16N2O2S/c1-2-7-3-4-8(15-7)5-12-6-9(11)10(13)14/h3-4,9,12H,2,5-6,11H2,1H3,(H,13,14). The van der Waals surface area contributed by atoms with Gasteiger partial charge in [-0.05, 0) is 18.6 Å². The molecule has 4 N–H and O–H groups in total. The highest BCUT2D eigenvalue weighted by molar-refractivity contribution is 7.11. The number of aliphatic carboxylic acids is 1. The maximum absolute atomic E-state index is 10.4. The molecule has 0 aliphatic heterocycles. The van der Waals surface area contributed by atoms with E-state index in [1.165, 1.54) is 9.75 Å². The van der Waals surface area contributed by atoms with E-state index in [4.69, 9.17) is 10.8 Å². The molecule has 1 aromatic rings. The molecule has 4 nitrogen and oxygen atoms in total. The lowest BCUT2D eigenvalue weighted by Gasteiger charge is -2.06. The normalized spacial score (nSPS) is 12.7. The molecule has 0 saturated heterocycles. The van der Waals surface area contributed by atoms with Crippen molar-refractivity contribution in [3.05, 3.63) is 21.9 Å². The Bertz CT molecular complexity index is 325. The van der Waals surface area contributed by atoms with Gasteiger partial charge in [0.2, 0.25) is 0 Å². The number of hydrogen-bond acceptors (Lipinski definition) is 4. The van der Waals surface area contributed by atoms with Gasteiger partial charge in [0.1, 0.15) is 6.04 Å². The lowest BCUT2D eigenvalue weighted by molar-refractivity contribution is -0.138. The SMILES string of the molecule is CCc1ccc(CNCC(N)C(=O)O)s1. The second kappa shape index (κ2) is 5.85. The minimum absolute atomic E-state index is 0.300. The Labute approximate surface area is 93.1 Å². The minimum Gasteiger partial charge on any atom is -0.480 e. The number of carboxylic acid groups (broad SMARTS) is 1. The number of nitrogens with two attached hydrogens (primary N) is 1. The van der Waals surface area contributed by atoms with E-state index in [1.807, 2.05) is 0 Å². The van der Waals surface area contributed by atoms with Crippen molar-refractivity contribution in [1.82, 2.24) is 5.32 Å². The van der Waals surface area contributed by atoms with Crippen LogP contribution in [0.3, 0.4) is 0 Å². The maximum Gasteiger partial charge on any atom is 0.321 e. The van der Waals surface area contributed by atoms with E-state index in [0.29, 0.717) is 13.1 Å². The number of thiophene rings is 1. The van der Waals surface area contributed by atoms with Gasteiger partial charge in [0.25, 0.3) is 0 Å². The molecule has 0 aliphatic carbocycles. The summed E-state index contributed by atoms with van der Waals surface area (Å²) in [6, 6.07) is 3.33. The van der Waals surface area contributed by atoms with Crippen molar-refractivity contribution < 1.29 is 9.90 Å². The van der Waals surface area contributed by atoms with Gasteiger partial charge >= 0.3 is 5.97 Å². The van der Waals surface area contributed by atoms with E-state index >= 15 is 0 Å². The van der Waals surface area contributed by atoms with Crippen LogP contribution in [0, 0.1) is 0 Å². The summed E-state index contributed by atoms with van der Waals surface area (Å²) in [6.07, 6.45) is 1.04. The van der Waals surface area contributed by atoms with Gasteiger partial charge < -0.3 is 16.2 Å². The molecule has 84 valence electrons. The van der Waals surface area contributed by atoms with Crippen LogP contribution in [0.15, 0.2) is 12.1 Å². The van der Waals surface area contributed by atoms with E-state index in [-0.39, 0.29) is 0 Å². The quantitative estimate of drug-likeness (QED) is 0.673. The molecule has 1 heterocycles. The van der Waals surface area contributed by atoms with E-state index in [0.717, 1.165) is 6.42 Å². The van der Waals surface area contributed by atoms with Crippen molar-refractivity contribution in [2.75, 3.05) is 6.54 Å². The third kappa shape index (κ3) is 3.99. The summed E-state index contributed by atoms with van der Waals surface area (Å²) in [5.41, 5.74) is 5.35. The molecule has 5 heteroatoms. The van der Waals surface area contributed by atoms with Crippen LogP contribution in [-0.2, 0) is 17.8 Å². The van der Waals surface area contributed by atoms with Crippen molar-refractivity contribution in [3.8, 4) is 0 Å². The topological polar surface area (TPSA) is 75.3 Å². The lowest BCUT2D eigenvalue weighted by atomic mass is 10.3. The van der Waals surface area contributed by atoms with Gasteiger partial charge in [-0.2, -0.15) is 0 Å². The van der Waals surface area contributed by atoms with Gasteiger partial charge in [0.05, 0.1) is 0 Å².